The van der Waals surface area contributed by atoms with Crippen LogP contribution in [0.3, 0.4) is 0 Å². The molecule has 0 saturated carbocycles. The third-order valence-corrected chi connectivity index (χ3v) is 7.73. The van der Waals surface area contributed by atoms with E-state index < -0.39 is 7.92 Å². The van der Waals surface area contributed by atoms with E-state index in [0.29, 0.717) is 0 Å². The van der Waals surface area contributed by atoms with Gasteiger partial charge < -0.3 is 0 Å². The highest BCUT2D eigenvalue weighted by atomic mass is 31.1. The van der Waals surface area contributed by atoms with E-state index in [4.69, 9.17) is 0 Å². The van der Waals surface area contributed by atoms with Crippen LogP contribution >= 0.6 is 7.92 Å². The van der Waals surface area contributed by atoms with Crippen molar-refractivity contribution in [2.75, 3.05) is 0 Å². The number of allylic oxidation sites excluding steroid dienone is 2. The summed E-state index contributed by atoms with van der Waals surface area (Å²) in [6.07, 6.45) is 2.11. The van der Waals surface area contributed by atoms with Gasteiger partial charge in [0.1, 0.15) is 0 Å². The summed E-state index contributed by atoms with van der Waals surface area (Å²) in [5, 5.41) is 4.07. The van der Waals surface area contributed by atoms with Crippen LogP contribution in [0.1, 0.15) is 19.4 Å². The predicted octanol–water partition coefficient (Wildman–Crippen LogP) is 6.54. The molecule has 31 heavy (non-hydrogen) atoms. The highest BCUT2D eigenvalue weighted by molar-refractivity contribution is 7.80. The Morgan fingerprint density at radius 3 is 1.74 bits per heavy atom. The average Bonchev–Trinajstić information content (AvgIpc) is 2.84. The molecular formula is C30H25P. The van der Waals surface area contributed by atoms with Crippen LogP contribution in [0, 0.1) is 11.8 Å². The van der Waals surface area contributed by atoms with Crippen molar-refractivity contribution >= 4 is 29.4 Å². The third kappa shape index (κ3) is 4.54. The molecule has 0 unspecified atom stereocenters. The van der Waals surface area contributed by atoms with Gasteiger partial charge in [0.2, 0.25) is 0 Å². The maximum absolute atomic E-state index is 3.29. The van der Waals surface area contributed by atoms with Crippen molar-refractivity contribution < 1.29 is 0 Å². The van der Waals surface area contributed by atoms with Crippen LogP contribution in [-0.2, 0) is 0 Å². The number of benzene rings is 4. The Bertz CT molecular complexity index is 1200. The first-order valence-corrected chi connectivity index (χ1v) is 11.9. The van der Waals surface area contributed by atoms with E-state index in [-0.39, 0.29) is 0 Å². The molecular weight excluding hydrogens is 391 g/mol. The van der Waals surface area contributed by atoms with Crippen LogP contribution in [0.25, 0.3) is 16.7 Å². The fraction of sp³-hybridized carbons (Fsp3) is 0.0667. The van der Waals surface area contributed by atoms with E-state index in [1.165, 1.54) is 32.6 Å². The smallest absolute Gasteiger partial charge is 0.0281 e. The molecule has 0 saturated heterocycles. The van der Waals surface area contributed by atoms with E-state index in [2.05, 4.69) is 134 Å². The quantitative estimate of drug-likeness (QED) is 0.256. The van der Waals surface area contributed by atoms with Gasteiger partial charge >= 0.3 is 0 Å². The van der Waals surface area contributed by atoms with Gasteiger partial charge in [-0.1, -0.05) is 121 Å². The Hall–Kier alpha value is -3.39. The molecule has 0 aliphatic carbocycles. The highest BCUT2D eigenvalue weighted by Gasteiger charge is 2.21. The molecule has 4 aromatic carbocycles. The minimum Gasteiger partial charge on any atom is -0.101 e. The van der Waals surface area contributed by atoms with E-state index in [1.807, 2.05) is 6.92 Å². The fourth-order valence-electron chi connectivity index (χ4n) is 3.86. The lowest BCUT2D eigenvalue weighted by Gasteiger charge is -2.23. The fourth-order valence-corrected chi connectivity index (χ4v) is 6.33. The van der Waals surface area contributed by atoms with Gasteiger partial charge in [0, 0.05) is 5.57 Å². The molecule has 0 N–H and O–H groups in total. The summed E-state index contributed by atoms with van der Waals surface area (Å²) in [4.78, 5) is 0. The van der Waals surface area contributed by atoms with Crippen LogP contribution in [0.2, 0.25) is 0 Å². The summed E-state index contributed by atoms with van der Waals surface area (Å²) in [5.74, 6) is 6.36. The molecule has 4 aromatic rings. The third-order valence-electron chi connectivity index (χ3n) is 5.23. The van der Waals surface area contributed by atoms with Crippen molar-refractivity contribution in [3.8, 4) is 23.0 Å². The second kappa shape index (κ2) is 10.1. The first-order chi connectivity index (χ1) is 15.3. The summed E-state index contributed by atoms with van der Waals surface area (Å²) in [5.41, 5.74) is 4.75. The van der Waals surface area contributed by atoms with Crippen molar-refractivity contribution in [1.82, 2.24) is 0 Å². The molecule has 0 spiro atoms. The molecule has 150 valence electrons. The van der Waals surface area contributed by atoms with Gasteiger partial charge in [-0.2, -0.15) is 0 Å². The predicted molar refractivity (Wildman–Crippen MR) is 138 cm³/mol. The number of hydrogen-bond donors (Lipinski definition) is 0. The van der Waals surface area contributed by atoms with Crippen molar-refractivity contribution in [2.45, 2.75) is 13.8 Å². The number of hydrogen-bond acceptors (Lipinski definition) is 0. The molecule has 0 amide bonds. The summed E-state index contributed by atoms with van der Waals surface area (Å²) in [6.45, 7) is 3.95. The molecule has 0 bridgehead atoms. The molecule has 0 fully saturated rings. The maximum atomic E-state index is 3.29. The minimum absolute atomic E-state index is 0.690. The van der Waals surface area contributed by atoms with E-state index >= 15 is 0 Å². The van der Waals surface area contributed by atoms with Crippen molar-refractivity contribution in [1.29, 1.82) is 0 Å². The molecule has 0 atom stereocenters. The molecule has 1 heteroatoms. The molecule has 0 heterocycles. The highest BCUT2D eigenvalue weighted by Crippen LogP contribution is 2.38. The summed E-state index contributed by atoms with van der Waals surface area (Å²) in [6, 6.07) is 39.2. The van der Waals surface area contributed by atoms with Crippen LogP contribution in [0.4, 0.5) is 0 Å². The Labute approximate surface area is 187 Å². The minimum atomic E-state index is -0.690. The Morgan fingerprint density at radius 2 is 1.16 bits per heavy atom. The Kier molecular flexibility index (Phi) is 6.78. The summed E-state index contributed by atoms with van der Waals surface area (Å²) < 4.78 is 0. The monoisotopic (exact) mass is 416 g/mol. The van der Waals surface area contributed by atoms with Crippen molar-refractivity contribution in [3.63, 3.8) is 0 Å². The molecule has 0 radical (unpaired) electrons. The second-order valence-corrected chi connectivity index (χ2v) is 9.33. The molecule has 0 aromatic heterocycles. The van der Waals surface area contributed by atoms with Crippen LogP contribution in [0.5, 0.6) is 0 Å². The van der Waals surface area contributed by atoms with E-state index in [0.717, 1.165) is 5.57 Å². The Balaban J connectivity index is 1.97. The SMILES string of the molecule is CC#C/C(=C\C)c1ccccc1-c1ccccc1P(c1ccccc1)c1ccccc1. The van der Waals surface area contributed by atoms with Gasteiger partial charge in [0.05, 0.1) is 0 Å². The maximum Gasteiger partial charge on any atom is 0.0281 e. The number of rotatable bonds is 5. The van der Waals surface area contributed by atoms with E-state index in [1.54, 1.807) is 0 Å². The molecule has 0 aliphatic rings. The van der Waals surface area contributed by atoms with Gasteiger partial charge in [-0.3, -0.25) is 0 Å². The zero-order chi connectivity index (χ0) is 21.5. The lowest BCUT2D eigenvalue weighted by Crippen LogP contribution is -2.22. The first kappa shape index (κ1) is 20.9. The Morgan fingerprint density at radius 1 is 0.645 bits per heavy atom. The van der Waals surface area contributed by atoms with Gasteiger partial charge in [0.15, 0.2) is 0 Å². The largest absolute Gasteiger partial charge is 0.101 e. The van der Waals surface area contributed by atoms with Crippen molar-refractivity contribution in [2.24, 2.45) is 0 Å². The first-order valence-electron chi connectivity index (χ1n) is 10.5. The standard InChI is InChI=1S/C30H25P/c1-3-15-24(4-2)27-20-11-12-21-28(27)29-22-13-14-23-30(29)31(25-16-7-5-8-17-25)26-18-9-6-10-19-26/h4-14,16-23H,1-2H3/b24-4+. The molecule has 4 rings (SSSR count). The van der Waals surface area contributed by atoms with E-state index in [9.17, 15) is 0 Å². The average molecular weight is 417 g/mol. The molecule has 0 nitrogen and oxygen atoms in total. The van der Waals surface area contributed by atoms with Crippen LogP contribution < -0.4 is 15.9 Å². The summed E-state index contributed by atoms with van der Waals surface area (Å²) in [7, 11) is -0.690. The lowest BCUT2D eigenvalue weighted by molar-refractivity contribution is 1.58. The van der Waals surface area contributed by atoms with Crippen molar-refractivity contribution in [3.05, 3.63) is 121 Å². The van der Waals surface area contributed by atoms with Gasteiger partial charge in [-0.25, -0.2) is 0 Å². The zero-order valence-corrected chi connectivity index (χ0v) is 18.8. The van der Waals surface area contributed by atoms with Crippen LogP contribution in [-0.4, -0.2) is 0 Å². The topological polar surface area (TPSA) is 0 Å². The summed E-state index contributed by atoms with van der Waals surface area (Å²) >= 11 is 0. The molecule has 0 aliphatic heterocycles. The van der Waals surface area contributed by atoms with Gasteiger partial charge in [0.25, 0.3) is 0 Å². The van der Waals surface area contributed by atoms with Gasteiger partial charge in [-0.05, 0) is 54.4 Å². The van der Waals surface area contributed by atoms with Crippen LogP contribution in [0.15, 0.2) is 115 Å². The van der Waals surface area contributed by atoms with Gasteiger partial charge in [-0.15, -0.1) is 5.92 Å². The normalized spacial score (nSPS) is 11.1. The lowest BCUT2D eigenvalue weighted by atomic mass is 9.94. The zero-order valence-electron chi connectivity index (χ0n) is 17.9. The second-order valence-electron chi connectivity index (χ2n) is 7.15.